The van der Waals surface area contributed by atoms with Gasteiger partial charge in [0.05, 0.1) is 5.76 Å². The highest BCUT2D eigenvalue weighted by Crippen LogP contribution is 2.35. The van der Waals surface area contributed by atoms with E-state index in [-0.39, 0.29) is 24.2 Å². The second kappa shape index (κ2) is 21.4. The fourth-order valence-electron chi connectivity index (χ4n) is 4.42. The Morgan fingerprint density at radius 2 is 1.83 bits per heavy atom. The SMILES string of the molecule is C=C(C)OCc1nc(N(C)C2CC(C)N(SCC)C(CCC)C2)nc(Nc2cc(C)[nH]n2)c1F.CC.CC.CC(C)C. The average Bonchev–Trinajstić information content (AvgIpc) is 3.36. The summed E-state index contributed by atoms with van der Waals surface area (Å²) in [4.78, 5) is 11.2. The lowest BCUT2D eigenvalue weighted by molar-refractivity contribution is 0.177. The van der Waals surface area contributed by atoms with Gasteiger partial charge in [-0.25, -0.2) is 13.7 Å². The third-order valence-electron chi connectivity index (χ3n) is 6.03. The van der Waals surface area contributed by atoms with E-state index in [1.807, 2.05) is 53.6 Å². The van der Waals surface area contributed by atoms with Gasteiger partial charge in [-0.1, -0.05) is 87.3 Å². The molecule has 0 aliphatic carbocycles. The number of H-pyrrole nitrogens is 1. The predicted octanol–water partition coefficient (Wildman–Crippen LogP) is 9.28. The number of hydrogen-bond donors (Lipinski definition) is 2. The van der Waals surface area contributed by atoms with E-state index in [9.17, 15) is 0 Å². The summed E-state index contributed by atoms with van der Waals surface area (Å²) in [5.74, 6) is 2.91. The Morgan fingerprint density at radius 1 is 1.21 bits per heavy atom. The van der Waals surface area contributed by atoms with Gasteiger partial charge >= 0.3 is 0 Å². The number of allylic oxidation sites excluding steroid dienone is 1. The lowest BCUT2D eigenvalue weighted by atomic mass is 9.91. The van der Waals surface area contributed by atoms with Gasteiger partial charge in [-0.15, -0.1) is 0 Å². The standard InChI is InChI=1S/C24H38FN7OS.C4H10.2C2H6/c1-8-10-18-13-19(12-17(6)32(18)34-9-2)31(7)24-26-20(14-33-15(3)4)22(25)23(28-24)27-21-11-16(5)29-30-21;1-4(2)3;2*1-2/h11,17-19H,3,8-10,12-14H2,1-2,4-7H3,(H2,26,27,28,29,30);4H,1-3H3;2*1-2H3. The molecule has 0 aromatic carbocycles. The molecule has 1 aliphatic rings. The van der Waals surface area contributed by atoms with Crippen molar-refractivity contribution in [2.45, 2.75) is 134 Å². The van der Waals surface area contributed by atoms with Crippen molar-refractivity contribution in [3.63, 3.8) is 0 Å². The second-order valence-electron chi connectivity index (χ2n) is 10.7. The topological polar surface area (TPSA) is 82.2 Å². The normalized spacial score (nSPS) is 18.0. The molecule has 8 nitrogen and oxygen atoms in total. The molecule has 3 heterocycles. The van der Waals surface area contributed by atoms with Crippen LogP contribution >= 0.6 is 11.9 Å². The van der Waals surface area contributed by atoms with E-state index < -0.39 is 5.82 Å². The average molecular weight is 610 g/mol. The molecular formula is C32H60FN7OS. The van der Waals surface area contributed by atoms with Crippen LogP contribution in [0.25, 0.3) is 0 Å². The van der Waals surface area contributed by atoms with Gasteiger partial charge in [0.25, 0.3) is 0 Å². The minimum absolute atomic E-state index is 0.0146. The Morgan fingerprint density at radius 3 is 2.33 bits per heavy atom. The predicted molar refractivity (Wildman–Crippen MR) is 181 cm³/mol. The summed E-state index contributed by atoms with van der Waals surface area (Å²) in [6, 6.07) is 2.97. The summed E-state index contributed by atoms with van der Waals surface area (Å²) >= 11 is 1.93. The van der Waals surface area contributed by atoms with Crippen LogP contribution in [0.3, 0.4) is 0 Å². The number of halogens is 1. The van der Waals surface area contributed by atoms with Gasteiger partial charge < -0.3 is 15.0 Å². The zero-order chi connectivity index (χ0) is 32.4. The van der Waals surface area contributed by atoms with E-state index >= 15 is 4.39 Å². The minimum Gasteiger partial charge on any atom is -0.492 e. The molecule has 1 aliphatic heterocycles. The number of aromatic nitrogens is 4. The van der Waals surface area contributed by atoms with Crippen molar-refractivity contribution in [3.05, 3.63) is 35.6 Å². The van der Waals surface area contributed by atoms with Gasteiger partial charge in [-0.3, -0.25) is 5.10 Å². The molecule has 2 aromatic rings. The number of rotatable bonds is 11. The minimum atomic E-state index is -0.551. The Kier molecular flexibility index (Phi) is 20.2. The Bertz CT molecular complexity index is 1010. The van der Waals surface area contributed by atoms with Crippen LogP contribution in [0.15, 0.2) is 18.4 Å². The van der Waals surface area contributed by atoms with Gasteiger partial charge in [-0.2, -0.15) is 10.1 Å². The third kappa shape index (κ3) is 13.3. The van der Waals surface area contributed by atoms with Crippen LogP contribution in [0.4, 0.5) is 22.0 Å². The summed E-state index contributed by atoms with van der Waals surface area (Å²) in [5, 5.41) is 10.0. The molecule has 0 bridgehead atoms. The van der Waals surface area contributed by atoms with E-state index in [1.54, 1.807) is 13.0 Å². The Hall–Kier alpha value is -2.33. The van der Waals surface area contributed by atoms with E-state index in [0.717, 1.165) is 43.0 Å². The molecule has 0 saturated carbocycles. The highest BCUT2D eigenvalue weighted by Gasteiger charge is 2.36. The first-order valence-electron chi connectivity index (χ1n) is 15.7. The fourth-order valence-corrected chi connectivity index (χ4v) is 5.46. The molecule has 0 radical (unpaired) electrons. The molecule has 0 spiro atoms. The van der Waals surface area contributed by atoms with Crippen molar-refractivity contribution in [3.8, 4) is 0 Å². The number of nitrogens with one attached hydrogen (secondary N) is 2. The smallest absolute Gasteiger partial charge is 0.227 e. The number of anilines is 3. The highest BCUT2D eigenvalue weighted by molar-refractivity contribution is 7.97. The summed E-state index contributed by atoms with van der Waals surface area (Å²) < 4.78 is 23.4. The molecule has 3 rings (SSSR count). The lowest BCUT2D eigenvalue weighted by Gasteiger charge is -2.45. The van der Waals surface area contributed by atoms with Crippen molar-refractivity contribution in [1.29, 1.82) is 0 Å². The van der Waals surface area contributed by atoms with Crippen molar-refractivity contribution in [1.82, 2.24) is 24.5 Å². The zero-order valence-electron chi connectivity index (χ0n) is 28.8. The molecule has 42 heavy (non-hydrogen) atoms. The third-order valence-corrected chi connectivity index (χ3v) is 7.25. The largest absolute Gasteiger partial charge is 0.492 e. The van der Waals surface area contributed by atoms with Crippen LogP contribution in [0.5, 0.6) is 0 Å². The quantitative estimate of drug-likeness (QED) is 0.193. The summed E-state index contributed by atoms with van der Waals surface area (Å²) in [6.07, 6.45) is 4.29. The van der Waals surface area contributed by atoms with E-state index in [4.69, 9.17) is 4.74 Å². The van der Waals surface area contributed by atoms with Crippen molar-refractivity contribution in [2.24, 2.45) is 5.92 Å². The van der Waals surface area contributed by atoms with Crippen molar-refractivity contribution < 1.29 is 9.13 Å². The van der Waals surface area contributed by atoms with Gasteiger partial charge in [0, 0.05) is 42.7 Å². The first-order valence-corrected chi connectivity index (χ1v) is 16.7. The Labute approximate surface area is 260 Å². The molecule has 1 saturated heterocycles. The van der Waals surface area contributed by atoms with Crippen LogP contribution in [0, 0.1) is 18.7 Å². The Balaban J connectivity index is 0.00000190. The molecule has 242 valence electrons. The summed E-state index contributed by atoms with van der Waals surface area (Å²) in [7, 11) is 2.00. The van der Waals surface area contributed by atoms with E-state index in [0.29, 0.717) is 29.6 Å². The maximum atomic E-state index is 15.3. The zero-order valence-corrected chi connectivity index (χ0v) is 29.6. The van der Waals surface area contributed by atoms with E-state index in [1.165, 1.54) is 0 Å². The number of piperidine rings is 1. The van der Waals surface area contributed by atoms with Crippen LogP contribution in [0.1, 0.15) is 113 Å². The van der Waals surface area contributed by atoms with Crippen molar-refractivity contribution >= 4 is 29.5 Å². The van der Waals surface area contributed by atoms with Crippen LogP contribution in [0.2, 0.25) is 0 Å². The number of aromatic amines is 1. The molecule has 3 unspecified atom stereocenters. The molecule has 2 aromatic heterocycles. The van der Waals surface area contributed by atoms with Crippen LogP contribution in [-0.4, -0.2) is 55.4 Å². The molecule has 0 amide bonds. The van der Waals surface area contributed by atoms with Gasteiger partial charge in [0.2, 0.25) is 5.95 Å². The van der Waals surface area contributed by atoms with Gasteiger partial charge in [-0.05, 0) is 46.0 Å². The first-order chi connectivity index (χ1) is 20.0. The maximum Gasteiger partial charge on any atom is 0.227 e. The van der Waals surface area contributed by atoms with Crippen LogP contribution in [-0.2, 0) is 11.3 Å². The highest BCUT2D eigenvalue weighted by atomic mass is 32.2. The molecule has 10 heteroatoms. The molecule has 3 atom stereocenters. The summed E-state index contributed by atoms with van der Waals surface area (Å²) in [5.41, 5.74) is 1.06. The lowest BCUT2D eigenvalue weighted by Crippen LogP contribution is -2.51. The van der Waals surface area contributed by atoms with Crippen molar-refractivity contribution in [2.75, 3.05) is 23.0 Å². The van der Waals surface area contributed by atoms with Gasteiger partial charge in [0.1, 0.15) is 12.3 Å². The summed E-state index contributed by atoms with van der Waals surface area (Å²) in [6.45, 7) is 28.6. The number of hydrogen-bond acceptors (Lipinski definition) is 8. The maximum absolute atomic E-state index is 15.3. The first kappa shape index (κ1) is 39.7. The second-order valence-corrected chi connectivity index (χ2v) is 12.0. The van der Waals surface area contributed by atoms with Gasteiger partial charge in [0.15, 0.2) is 17.5 Å². The van der Waals surface area contributed by atoms with E-state index in [2.05, 4.69) is 82.8 Å². The molecule has 1 fully saturated rings. The fraction of sp³-hybridized carbons (Fsp3) is 0.719. The molecule has 2 N–H and O–H groups in total. The van der Waals surface area contributed by atoms with Crippen LogP contribution < -0.4 is 10.2 Å². The molecular weight excluding hydrogens is 549 g/mol. The number of nitrogens with zero attached hydrogens (tertiary/aromatic N) is 5. The number of ether oxygens (including phenoxy) is 1. The monoisotopic (exact) mass is 609 g/mol. The number of aryl methyl sites for hydroxylation is 1.